The lowest BCUT2D eigenvalue weighted by molar-refractivity contribution is -0.132. The number of thioether (sulfide) groups is 1. The number of unbranched alkanes of at least 4 members (excludes halogenated alkanes) is 1. The highest BCUT2D eigenvalue weighted by Crippen LogP contribution is 2.27. The maximum Gasteiger partial charge on any atom is 0.242 e. The molecule has 1 aliphatic carbocycles. The lowest BCUT2D eigenvalue weighted by atomic mass is 9.84. The zero-order valence-corrected chi connectivity index (χ0v) is 16.4. The molecule has 0 saturated heterocycles. The molecule has 6 heteroatoms. The number of hydrogen-bond donors (Lipinski definition) is 2. The van der Waals surface area contributed by atoms with Gasteiger partial charge < -0.3 is 10.6 Å². The lowest BCUT2D eigenvalue weighted by Gasteiger charge is -2.25. The number of rotatable bonds is 9. The van der Waals surface area contributed by atoms with Crippen LogP contribution in [0.5, 0.6) is 0 Å². The van der Waals surface area contributed by atoms with Crippen LogP contribution in [0.15, 0.2) is 33.6 Å². The van der Waals surface area contributed by atoms with Crippen molar-refractivity contribution in [3.63, 3.8) is 0 Å². The molecule has 0 aromatic heterocycles. The molecule has 1 atom stereocenters. The van der Waals surface area contributed by atoms with Crippen molar-refractivity contribution >= 4 is 39.5 Å². The van der Waals surface area contributed by atoms with E-state index in [0.717, 1.165) is 42.3 Å². The van der Waals surface area contributed by atoms with E-state index in [0.29, 0.717) is 6.54 Å². The number of carbonyl (C=O) groups excluding carboxylic acids is 2. The monoisotopic (exact) mass is 412 g/mol. The van der Waals surface area contributed by atoms with Crippen LogP contribution in [-0.4, -0.2) is 30.2 Å². The van der Waals surface area contributed by atoms with Crippen LogP contribution in [0.2, 0.25) is 0 Å². The maximum absolute atomic E-state index is 12.0. The molecule has 1 aromatic rings. The van der Waals surface area contributed by atoms with Gasteiger partial charge in [0.2, 0.25) is 11.8 Å². The first kappa shape index (κ1) is 19.3. The van der Waals surface area contributed by atoms with Crippen molar-refractivity contribution in [3.05, 3.63) is 28.7 Å². The quantitative estimate of drug-likeness (QED) is 0.479. The molecular weight excluding hydrogens is 388 g/mol. The Kier molecular flexibility index (Phi) is 8.12. The van der Waals surface area contributed by atoms with Crippen molar-refractivity contribution in [1.82, 2.24) is 10.6 Å². The molecule has 2 N–H and O–H groups in total. The summed E-state index contributed by atoms with van der Waals surface area (Å²) >= 11 is 5.36. The van der Waals surface area contributed by atoms with Gasteiger partial charge in [0.05, 0.1) is 0 Å². The van der Waals surface area contributed by atoms with Gasteiger partial charge in [0.25, 0.3) is 0 Å². The number of amides is 2. The summed E-state index contributed by atoms with van der Waals surface area (Å²) in [5, 5.41) is 5.70. The minimum atomic E-state index is -0.451. The Balaban J connectivity index is 1.54. The second-order valence-corrected chi connectivity index (χ2v) is 8.13. The molecule has 1 unspecified atom stereocenters. The molecule has 1 aromatic carbocycles. The molecule has 2 amide bonds. The van der Waals surface area contributed by atoms with E-state index in [1.165, 1.54) is 4.90 Å². The number of halogens is 1. The molecule has 24 heavy (non-hydrogen) atoms. The van der Waals surface area contributed by atoms with Crippen LogP contribution in [0.1, 0.15) is 39.0 Å². The van der Waals surface area contributed by atoms with Crippen LogP contribution in [0, 0.1) is 5.92 Å². The average Bonchev–Trinajstić information content (AvgIpc) is 2.50. The van der Waals surface area contributed by atoms with Gasteiger partial charge >= 0.3 is 0 Å². The molecule has 0 bridgehead atoms. The second kappa shape index (κ2) is 10.1. The summed E-state index contributed by atoms with van der Waals surface area (Å²) in [4.78, 5) is 25.0. The molecule has 2 rings (SSSR count). The van der Waals surface area contributed by atoms with Gasteiger partial charge in [-0.2, -0.15) is 0 Å². The van der Waals surface area contributed by atoms with Gasteiger partial charge in [-0.05, 0) is 66.4 Å². The first-order chi connectivity index (χ1) is 11.6. The predicted octanol–water partition coefficient (Wildman–Crippen LogP) is 3.74. The van der Waals surface area contributed by atoms with E-state index in [1.54, 1.807) is 6.92 Å². The van der Waals surface area contributed by atoms with Gasteiger partial charge in [-0.3, -0.25) is 9.59 Å². The number of nitrogens with one attached hydrogen (secondary N) is 2. The fourth-order valence-electron chi connectivity index (χ4n) is 2.40. The minimum Gasteiger partial charge on any atom is -0.354 e. The summed E-state index contributed by atoms with van der Waals surface area (Å²) in [6, 6.07) is 7.74. The van der Waals surface area contributed by atoms with E-state index >= 15 is 0 Å². The third kappa shape index (κ3) is 6.13. The zero-order valence-electron chi connectivity index (χ0n) is 14.0. The van der Waals surface area contributed by atoms with Crippen molar-refractivity contribution in [3.8, 4) is 0 Å². The van der Waals surface area contributed by atoms with E-state index in [1.807, 2.05) is 30.0 Å². The molecule has 1 saturated carbocycles. The van der Waals surface area contributed by atoms with Gasteiger partial charge in [-0.15, -0.1) is 11.8 Å². The number of hydrogen-bond acceptors (Lipinski definition) is 3. The Morgan fingerprint density at radius 1 is 1.29 bits per heavy atom. The molecule has 0 aliphatic heterocycles. The van der Waals surface area contributed by atoms with Gasteiger partial charge in [-0.25, -0.2) is 0 Å². The van der Waals surface area contributed by atoms with Crippen LogP contribution in [0.25, 0.3) is 0 Å². The Morgan fingerprint density at radius 3 is 2.71 bits per heavy atom. The molecule has 1 fully saturated rings. The number of carbonyl (C=O) groups is 2. The van der Waals surface area contributed by atoms with Crippen molar-refractivity contribution in [2.24, 2.45) is 5.92 Å². The minimum absolute atomic E-state index is 0.0220. The van der Waals surface area contributed by atoms with Crippen molar-refractivity contribution in [1.29, 1.82) is 0 Å². The fourth-order valence-corrected chi connectivity index (χ4v) is 3.98. The van der Waals surface area contributed by atoms with Crippen molar-refractivity contribution in [2.45, 2.75) is 50.0 Å². The highest BCUT2D eigenvalue weighted by molar-refractivity contribution is 9.10. The summed E-state index contributed by atoms with van der Waals surface area (Å²) in [5.41, 5.74) is 0. The average molecular weight is 413 g/mol. The zero-order chi connectivity index (χ0) is 17.4. The SMILES string of the molecule is CC(NC(=O)C1CCC1)C(=O)NCCCCSc1ccccc1Br. The van der Waals surface area contributed by atoms with Crippen LogP contribution in [0.4, 0.5) is 0 Å². The van der Waals surface area contributed by atoms with Crippen molar-refractivity contribution in [2.75, 3.05) is 12.3 Å². The summed E-state index contributed by atoms with van der Waals surface area (Å²) in [6.07, 6.45) is 5.00. The van der Waals surface area contributed by atoms with Crippen LogP contribution >= 0.6 is 27.7 Å². The molecule has 0 radical (unpaired) electrons. The Hall–Kier alpha value is -1.01. The van der Waals surface area contributed by atoms with Crippen LogP contribution in [-0.2, 0) is 9.59 Å². The van der Waals surface area contributed by atoms with E-state index in [-0.39, 0.29) is 17.7 Å². The molecule has 0 spiro atoms. The number of benzene rings is 1. The van der Waals surface area contributed by atoms with E-state index in [9.17, 15) is 9.59 Å². The molecular formula is C18H25BrN2O2S. The smallest absolute Gasteiger partial charge is 0.242 e. The first-order valence-electron chi connectivity index (χ1n) is 8.53. The molecule has 1 aliphatic rings. The van der Waals surface area contributed by atoms with E-state index < -0.39 is 6.04 Å². The van der Waals surface area contributed by atoms with Crippen molar-refractivity contribution < 1.29 is 9.59 Å². The summed E-state index contributed by atoms with van der Waals surface area (Å²) in [6.45, 7) is 2.40. The van der Waals surface area contributed by atoms with Crippen LogP contribution < -0.4 is 10.6 Å². The summed E-state index contributed by atoms with van der Waals surface area (Å²) < 4.78 is 1.12. The van der Waals surface area contributed by atoms with Gasteiger partial charge in [-0.1, -0.05) is 18.6 Å². The maximum atomic E-state index is 12.0. The molecule has 4 nitrogen and oxygen atoms in total. The summed E-state index contributed by atoms with van der Waals surface area (Å²) in [7, 11) is 0. The largest absolute Gasteiger partial charge is 0.354 e. The Bertz CT molecular complexity index is 564. The fraction of sp³-hybridized carbons (Fsp3) is 0.556. The topological polar surface area (TPSA) is 58.2 Å². The second-order valence-electron chi connectivity index (χ2n) is 6.14. The Labute approximate surface area is 156 Å². The van der Waals surface area contributed by atoms with Gasteiger partial charge in [0, 0.05) is 21.8 Å². The molecule has 0 heterocycles. The summed E-state index contributed by atoms with van der Waals surface area (Å²) in [5.74, 6) is 1.07. The normalized spacial score (nSPS) is 15.4. The third-order valence-electron chi connectivity index (χ3n) is 4.19. The first-order valence-corrected chi connectivity index (χ1v) is 10.3. The third-order valence-corrected chi connectivity index (χ3v) is 6.31. The highest BCUT2D eigenvalue weighted by atomic mass is 79.9. The van der Waals surface area contributed by atoms with E-state index in [4.69, 9.17) is 0 Å². The van der Waals surface area contributed by atoms with Crippen LogP contribution in [0.3, 0.4) is 0 Å². The predicted molar refractivity (Wildman–Crippen MR) is 102 cm³/mol. The van der Waals surface area contributed by atoms with Gasteiger partial charge in [0.15, 0.2) is 0 Å². The highest BCUT2D eigenvalue weighted by Gasteiger charge is 2.27. The molecule has 132 valence electrons. The van der Waals surface area contributed by atoms with E-state index in [2.05, 4.69) is 32.6 Å². The van der Waals surface area contributed by atoms with Gasteiger partial charge in [0.1, 0.15) is 6.04 Å². The Morgan fingerprint density at radius 2 is 2.04 bits per heavy atom. The standard InChI is InChI=1S/C18H25BrN2O2S/c1-13(21-18(23)14-7-6-8-14)17(22)20-11-4-5-12-24-16-10-3-2-9-15(16)19/h2-3,9-10,13-14H,4-8,11-12H2,1H3,(H,20,22)(H,21,23). The lowest BCUT2D eigenvalue weighted by Crippen LogP contribution is -2.47.